The Morgan fingerprint density at radius 1 is 1.05 bits per heavy atom. The number of nitrogen functional groups attached to an aromatic ring is 1. The van der Waals surface area contributed by atoms with Crippen molar-refractivity contribution >= 4 is 16.7 Å². The average molecular weight is 280 g/mol. The highest BCUT2D eigenvalue weighted by molar-refractivity contribution is 5.85. The summed E-state index contributed by atoms with van der Waals surface area (Å²) in [5.74, 6) is 0. The van der Waals surface area contributed by atoms with Gasteiger partial charge in [-0.3, -0.25) is 0 Å². The summed E-state index contributed by atoms with van der Waals surface area (Å²) in [6, 6.07) is 10.3. The van der Waals surface area contributed by atoms with Gasteiger partial charge in [0.15, 0.2) is 0 Å². The first kappa shape index (κ1) is 13.6. The summed E-state index contributed by atoms with van der Waals surface area (Å²) in [4.78, 5) is 1.70. The van der Waals surface area contributed by atoms with E-state index >= 15 is 0 Å². The van der Waals surface area contributed by atoms with E-state index in [2.05, 4.69) is 49.2 Å². The third-order valence-corrected chi connectivity index (χ3v) is 3.91. The lowest BCUT2D eigenvalue weighted by molar-refractivity contribution is 0.764. The molecule has 1 heterocycles. The van der Waals surface area contributed by atoms with Crippen LogP contribution in [0.3, 0.4) is 0 Å². The van der Waals surface area contributed by atoms with E-state index < -0.39 is 0 Å². The van der Waals surface area contributed by atoms with E-state index in [1.807, 2.05) is 12.1 Å². The first-order valence-electron chi connectivity index (χ1n) is 7.38. The molecule has 0 aliphatic carbocycles. The van der Waals surface area contributed by atoms with E-state index in [1.165, 1.54) is 5.56 Å². The van der Waals surface area contributed by atoms with Crippen molar-refractivity contribution in [3.05, 3.63) is 47.0 Å². The molecule has 0 amide bonds. The molecule has 4 nitrogen and oxygen atoms in total. The maximum absolute atomic E-state index is 6.26. The third-order valence-electron chi connectivity index (χ3n) is 3.91. The van der Waals surface area contributed by atoms with Crippen molar-refractivity contribution in [2.24, 2.45) is 0 Å². The highest BCUT2D eigenvalue weighted by Gasteiger charge is 2.14. The summed E-state index contributed by atoms with van der Waals surface area (Å²) in [6.07, 6.45) is 1.77. The molecule has 2 N–H and O–H groups in total. The van der Waals surface area contributed by atoms with E-state index in [0.29, 0.717) is 0 Å². The van der Waals surface area contributed by atoms with Crippen LogP contribution in [0.5, 0.6) is 0 Å². The lowest BCUT2D eigenvalue weighted by atomic mass is 10.0. The molecule has 108 valence electrons. The van der Waals surface area contributed by atoms with Gasteiger partial charge in [-0.05, 0) is 43.5 Å². The molecule has 0 atom stereocenters. The molecule has 2 aromatic carbocycles. The van der Waals surface area contributed by atoms with Gasteiger partial charge in [0.1, 0.15) is 11.0 Å². The zero-order chi connectivity index (χ0) is 15.0. The van der Waals surface area contributed by atoms with Crippen molar-refractivity contribution < 1.29 is 0 Å². The van der Waals surface area contributed by atoms with Crippen LogP contribution in [0, 0.1) is 6.92 Å². The molecular formula is C17H20N4. The summed E-state index contributed by atoms with van der Waals surface area (Å²) >= 11 is 0. The normalized spacial score (nSPS) is 11.2. The van der Waals surface area contributed by atoms with Crippen LogP contribution >= 0.6 is 0 Å². The summed E-state index contributed by atoms with van der Waals surface area (Å²) in [7, 11) is 0. The van der Waals surface area contributed by atoms with Gasteiger partial charge < -0.3 is 5.73 Å². The van der Waals surface area contributed by atoms with Crippen molar-refractivity contribution in [3.63, 3.8) is 0 Å². The number of fused-ring (bicyclic) bond motifs is 1. The van der Waals surface area contributed by atoms with Crippen molar-refractivity contribution in [1.82, 2.24) is 15.0 Å². The molecule has 0 saturated carbocycles. The van der Waals surface area contributed by atoms with Gasteiger partial charge >= 0.3 is 0 Å². The van der Waals surface area contributed by atoms with Crippen LogP contribution in [0.4, 0.5) is 5.69 Å². The topological polar surface area (TPSA) is 56.7 Å². The van der Waals surface area contributed by atoms with Crippen molar-refractivity contribution in [2.75, 3.05) is 5.73 Å². The molecule has 1 aromatic heterocycles. The quantitative estimate of drug-likeness (QED) is 0.748. The number of aryl methyl sites for hydroxylation is 3. The van der Waals surface area contributed by atoms with E-state index in [0.717, 1.165) is 46.4 Å². The second-order valence-electron chi connectivity index (χ2n) is 5.33. The standard InChI is InChI=1S/C17H20N4/c1-4-12-10-15-17(14(5-2)16(12)18)20-21(19-15)13-8-6-11(3)7-9-13/h6-10H,4-5,18H2,1-3H3. The molecule has 3 aromatic rings. The summed E-state index contributed by atoms with van der Waals surface area (Å²) in [5.41, 5.74) is 13.4. The van der Waals surface area contributed by atoms with Crippen LogP contribution < -0.4 is 5.73 Å². The fraction of sp³-hybridized carbons (Fsp3) is 0.294. The number of nitrogens with two attached hydrogens (primary N) is 1. The predicted octanol–water partition coefficient (Wildman–Crippen LogP) is 3.44. The highest BCUT2D eigenvalue weighted by Crippen LogP contribution is 2.27. The number of hydrogen-bond acceptors (Lipinski definition) is 3. The van der Waals surface area contributed by atoms with Gasteiger partial charge in [0.2, 0.25) is 0 Å². The van der Waals surface area contributed by atoms with Gasteiger partial charge in [-0.25, -0.2) is 0 Å². The van der Waals surface area contributed by atoms with Crippen molar-refractivity contribution in [3.8, 4) is 5.69 Å². The predicted molar refractivity (Wildman–Crippen MR) is 86.8 cm³/mol. The van der Waals surface area contributed by atoms with Crippen LogP contribution in [0.1, 0.15) is 30.5 Å². The maximum Gasteiger partial charge on any atom is 0.118 e. The minimum absolute atomic E-state index is 0.864. The number of nitrogens with zero attached hydrogens (tertiary/aromatic N) is 3. The average Bonchev–Trinajstić information content (AvgIpc) is 2.91. The zero-order valence-electron chi connectivity index (χ0n) is 12.7. The Balaban J connectivity index is 2.22. The van der Waals surface area contributed by atoms with E-state index in [-0.39, 0.29) is 0 Å². The SMILES string of the molecule is CCc1cc2nn(-c3ccc(C)cc3)nc2c(CC)c1N. The molecule has 4 heteroatoms. The summed E-state index contributed by atoms with van der Waals surface area (Å²) in [5, 5.41) is 9.27. The third kappa shape index (κ3) is 2.27. The Labute approximate surface area is 124 Å². The van der Waals surface area contributed by atoms with Gasteiger partial charge in [-0.2, -0.15) is 4.80 Å². The number of aromatic nitrogens is 3. The van der Waals surface area contributed by atoms with Gasteiger partial charge in [0, 0.05) is 11.3 Å². The minimum Gasteiger partial charge on any atom is -0.398 e. The van der Waals surface area contributed by atoms with Gasteiger partial charge in [-0.15, -0.1) is 10.2 Å². The molecule has 0 aliphatic rings. The Hall–Kier alpha value is -2.36. The molecule has 3 rings (SSSR count). The highest BCUT2D eigenvalue weighted by atomic mass is 15.5. The second-order valence-corrected chi connectivity index (χ2v) is 5.33. The van der Waals surface area contributed by atoms with E-state index in [4.69, 9.17) is 5.73 Å². The summed E-state index contributed by atoms with van der Waals surface area (Å²) in [6.45, 7) is 6.29. The van der Waals surface area contributed by atoms with Crippen LogP contribution in [-0.2, 0) is 12.8 Å². The fourth-order valence-corrected chi connectivity index (χ4v) is 2.64. The smallest absolute Gasteiger partial charge is 0.118 e. The fourth-order valence-electron chi connectivity index (χ4n) is 2.64. The molecule has 0 unspecified atom stereocenters. The van der Waals surface area contributed by atoms with Crippen molar-refractivity contribution in [1.29, 1.82) is 0 Å². The second kappa shape index (κ2) is 5.20. The number of anilines is 1. The van der Waals surface area contributed by atoms with Crippen LogP contribution in [0.15, 0.2) is 30.3 Å². The lowest BCUT2D eigenvalue weighted by Gasteiger charge is -2.08. The maximum atomic E-state index is 6.26. The minimum atomic E-state index is 0.864. The first-order valence-corrected chi connectivity index (χ1v) is 7.38. The molecule has 0 spiro atoms. The Morgan fingerprint density at radius 2 is 1.76 bits per heavy atom. The molecule has 21 heavy (non-hydrogen) atoms. The Kier molecular flexibility index (Phi) is 3.37. The molecule has 0 saturated heterocycles. The monoisotopic (exact) mass is 280 g/mol. The van der Waals surface area contributed by atoms with Crippen LogP contribution in [0.25, 0.3) is 16.7 Å². The number of hydrogen-bond donors (Lipinski definition) is 1. The summed E-state index contributed by atoms with van der Waals surface area (Å²) < 4.78 is 0. The molecule has 0 bridgehead atoms. The molecule has 0 radical (unpaired) electrons. The zero-order valence-corrected chi connectivity index (χ0v) is 12.7. The molecule has 0 aliphatic heterocycles. The van der Waals surface area contributed by atoms with Crippen LogP contribution in [-0.4, -0.2) is 15.0 Å². The molecule has 0 fully saturated rings. The van der Waals surface area contributed by atoms with Crippen LogP contribution in [0.2, 0.25) is 0 Å². The number of rotatable bonds is 3. The van der Waals surface area contributed by atoms with E-state index in [9.17, 15) is 0 Å². The number of benzene rings is 2. The molecular weight excluding hydrogens is 260 g/mol. The largest absolute Gasteiger partial charge is 0.398 e. The Morgan fingerprint density at radius 3 is 2.38 bits per heavy atom. The van der Waals surface area contributed by atoms with Gasteiger partial charge in [0.25, 0.3) is 0 Å². The lowest BCUT2D eigenvalue weighted by Crippen LogP contribution is -2.00. The first-order chi connectivity index (χ1) is 10.1. The van der Waals surface area contributed by atoms with Gasteiger partial charge in [0.05, 0.1) is 5.69 Å². The van der Waals surface area contributed by atoms with Gasteiger partial charge in [-0.1, -0.05) is 31.5 Å². The Bertz CT molecular complexity index is 785. The van der Waals surface area contributed by atoms with Crippen molar-refractivity contribution in [2.45, 2.75) is 33.6 Å². The van der Waals surface area contributed by atoms with E-state index in [1.54, 1.807) is 4.80 Å².